The molecule has 2 N–H and O–H groups in total. The van der Waals surface area contributed by atoms with Gasteiger partial charge < -0.3 is 10.6 Å². The van der Waals surface area contributed by atoms with Gasteiger partial charge >= 0.3 is 0 Å². The number of nitrogens with zero attached hydrogens (tertiary/aromatic N) is 1. The van der Waals surface area contributed by atoms with Crippen molar-refractivity contribution in [3.8, 4) is 0 Å². The Kier molecular flexibility index (Phi) is 2.85. The molecule has 1 aromatic heterocycles. The molecule has 0 aliphatic carbocycles. The molecule has 1 aliphatic heterocycles. The van der Waals surface area contributed by atoms with Gasteiger partial charge in [0.05, 0.1) is 5.92 Å². The molecule has 2 amide bonds. The van der Waals surface area contributed by atoms with Crippen molar-refractivity contribution in [2.45, 2.75) is 13.3 Å². The van der Waals surface area contributed by atoms with Crippen molar-refractivity contribution in [2.75, 3.05) is 11.9 Å². The van der Waals surface area contributed by atoms with Gasteiger partial charge in [-0.2, -0.15) is 0 Å². The number of aromatic nitrogens is 1. The second-order valence-electron chi connectivity index (χ2n) is 3.86. The summed E-state index contributed by atoms with van der Waals surface area (Å²) in [5, 5.41) is 5.36. The van der Waals surface area contributed by atoms with Crippen molar-refractivity contribution in [2.24, 2.45) is 5.92 Å². The Labute approximate surface area is 93.3 Å². The Morgan fingerprint density at radius 2 is 2.44 bits per heavy atom. The number of amides is 2. The highest BCUT2D eigenvalue weighted by Crippen LogP contribution is 2.14. The summed E-state index contributed by atoms with van der Waals surface area (Å²) in [5.41, 5.74) is 0.910. The molecule has 1 fully saturated rings. The zero-order valence-electron chi connectivity index (χ0n) is 8.99. The lowest BCUT2D eigenvalue weighted by molar-refractivity contribution is -0.123. The van der Waals surface area contributed by atoms with E-state index < -0.39 is 0 Å². The summed E-state index contributed by atoms with van der Waals surface area (Å²) in [6.45, 7) is 2.29. The van der Waals surface area contributed by atoms with E-state index in [0.29, 0.717) is 12.4 Å². The number of aryl methyl sites for hydroxylation is 1. The predicted octanol–water partition coefficient (Wildman–Crippen LogP) is 0.465. The summed E-state index contributed by atoms with van der Waals surface area (Å²) < 4.78 is 0. The van der Waals surface area contributed by atoms with E-state index in [2.05, 4.69) is 15.6 Å². The summed E-state index contributed by atoms with van der Waals surface area (Å²) in [6, 6.07) is 3.69. The number of anilines is 1. The van der Waals surface area contributed by atoms with E-state index >= 15 is 0 Å². The third-order valence-corrected chi connectivity index (χ3v) is 2.60. The van der Waals surface area contributed by atoms with Gasteiger partial charge in [-0.15, -0.1) is 0 Å². The summed E-state index contributed by atoms with van der Waals surface area (Å²) in [5.74, 6) is 0.0544. The molecule has 16 heavy (non-hydrogen) atoms. The monoisotopic (exact) mass is 219 g/mol. The van der Waals surface area contributed by atoms with Crippen LogP contribution in [0.4, 0.5) is 5.82 Å². The van der Waals surface area contributed by atoms with Crippen molar-refractivity contribution in [3.63, 3.8) is 0 Å². The number of carbonyl (C=O) groups excluding carboxylic acids is 2. The second kappa shape index (κ2) is 4.30. The molecule has 0 saturated carbocycles. The first kappa shape index (κ1) is 10.6. The van der Waals surface area contributed by atoms with Gasteiger partial charge in [0.1, 0.15) is 5.82 Å². The van der Waals surface area contributed by atoms with E-state index in [1.807, 2.05) is 19.1 Å². The van der Waals surface area contributed by atoms with Gasteiger partial charge in [0.25, 0.3) is 0 Å². The van der Waals surface area contributed by atoms with Crippen LogP contribution in [-0.2, 0) is 9.59 Å². The first-order valence-electron chi connectivity index (χ1n) is 5.16. The van der Waals surface area contributed by atoms with Crippen LogP contribution >= 0.6 is 0 Å². The second-order valence-corrected chi connectivity index (χ2v) is 3.86. The Morgan fingerprint density at radius 3 is 3.06 bits per heavy atom. The Morgan fingerprint density at radius 1 is 1.62 bits per heavy atom. The smallest absolute Gasteiger partial charge is 0.230 e. The Bertz CT molecular complexity index is 431. The van der Waals surface area contributed by atoms with Crippen LogP contribution in [0.15, 0.2) is 18.3 Å². The van der Waals surface area contributed by atoms with Crippen molar-refractivity contribution >= 4 is 17.6 Å². The fourth-order valence-corrected chi connectivity index (χ4v) is 1.63. The molecule has 2 heterocycles. The highest BCUT2D eigenvalue weighted by Gasteiger charge is 2.28. The quantitative estimate of drug-likeness (QED) is 0.759. The molecule has 5 heteroatoms. The lowest BCUT2D eigenvalue weighted by Crippen LogP contribution is -2.25. The lowest BCUT2D eigenvalue weighted by Gasteiger charge is -2.09. The number of hydrogen-bond acceptors (Lipinski definition) is 3. The lowest BCUT2D eigenvalue weighted by atomic mass is 10.1. The highest BCUT2D eigenvalue weighted by atomic mass is 16.2. The number of rotatable bonds is 2. The zero-order valence-corrected chi connectivity index (χ0v) is 8.99. The minimum absolute atomic E-state index is 0.0714. The number of hydrogen-bond donors (Lipinski definition) is 2. The van der Waals surface area contributed by atoms with Gasteiger partial charge in [0, 0.05) is 19.2 Å². The molecule has 0 spiro atoms. The number of pyridine rings is 1. The van der Waals surface area contributed by atoms with Gasteiger partial charge in [0.2, 0.25) is 11.8 Å². The molecule has 1 saturated heterocycles. The van der Waals surface area contributed by atoms with Gasteiger partial charge in [-0.05, 0) is 18.6 Å². The maximum Gasteiger partial charge on any atom is 0.230 e. The third-order valence-electron chi connectivity index (χ3n) is 2.60. The van der Waals surface area contributed by atoms with Crippen LogP contribution in [0.1, 0.15) is 12.0 Å². The van der Waals surface area contributed by atoms with Crippen molar-refractivity contribution in [1.82, 2.24) is 10.3 Å². The van der Waals surface area contributed by atoms with Crippen LogP contribution in [0, 0.1) is 12.8 Å². The molecule has 0 bridgehead atoms. The van der Waals surface area contributed by atoms with Crippen LogP contribution in [0.2, 0.25) is 0 Å². The van der Waals surface area contributed by atoms with Crippen LogP contribution in [0.25, 0.3) is 0 Å². The molecular formula is C11H13N3O2. The number of nitrogens with one attached hydrogen (secondary N) is 2. The SMILES string of the molecule is Cc1cccnc1NC(=O)C1CNC(=O)C1. The molecule has 1 atom stereocenters. The number of carbonyl (C=O) groups is 2. The molecule has 0 radical (unpaired) electrons. The fourth-order valence-electron chi connectivity index (χ4n) is 1.63. The zero-order chi connectivity index (χ0) is 11.5. The fraction of sp³-hybridized carbons (Fsp3) is 0.364. The van der Waals surface area contributed by atoms with Crippen LogP contribution in [-0.4, -0.2) is 23.3 Å². The highest BCUT2D eigenvalue weighted by molar-refractivity contribution is 5.96. The summed E-state index contributed by atoms with van der Waals surface area (Å²) in [7, 11) is 0. The summed E-state index contributed by atoms with van der Waals surface area (Å²) in [6.07, 6.45) is 1.89. The molecule has 1 unspecified atom stereocenters. The molecule has 2 rings (SSSR count). The maximum atomic E-state index is 11.8. The van der Waals surface area contributed by atoms with Crippen LogP contribution in [0.5, 0.6) is 0 Å². The van der Waals surface area contributed by atoms with Crippen molar-refractivity contribution < 1.29 is 9.59 Å². The van der Waals surface area contributed by atoms with E-state index in [-0.39, 0.29) is 24.2 Å². The van der Waals surface area contributed by atoms with Crippen LogP contribution in [0.3, 0.4) is 0 Å². The van der Waals surface area contributed by atoms with Gasteiger partial charge in [-0.1, -0.05) is 6.07 Å². The van der Waals surface area contributed by atoms with E-state index in [4.69, 9.17) is 0 Å². The average Bonchev–Trinajstić information content (AvgIpc) is 2.68. The van der Waals surface area contributed by atoms with E-state index in [0.717, 1.165) is 5.56 Å². The normalized spacial score (nSPS) is 19.3. The first-order valence-corrected chi connectivity index (χ1v) is 5.16. The van der Waals surface area contributed by atoms with Crippen molar-refractivity contribution in [1.29, 1.82) is 0 Å². The topological polar surface area (TPSA) is 71.1 Å². The molecule has 1 aromatic rings. The molecule has 84 valence electrons. The molecule has 0 aromatic carbocycles. The van der Waals surface area contributed by atoms with E-state index in [1.165, 1.54) is 0 Å². The Balaban J connectivity index is 2.03. The van der Waals surface area contributed by atoms with Gasteiger partial charge in [0.15, 0.2) is 0 Å². The van der Waals surface area contributed by atoms with Crippen LogP contribution < -0.4 is 10.6 Å². The van der Waals surface area contributed by atoms with E-state index in [9.17, 15) is 9.59 Å². The van der Waals surface area contributed by atoms with Gasteiger partial charge in [-0.3, -0.25) is 9.59 Å². The largest absolute Gasteiger partial charge is 0.355 e. The van der Waals surface area contributed by atoms with Gasteiger partial charge in [-0.25, -0.2) is 4.98 Å². The van der Waals surface area contributed by atoms with Crippen molar-refractivity contribution in [3.05, 3.63) is 23.9 Å². The van der Waals surface area contributed by atoms with E-state index in [1.54, 1.807) is 6.20 Å². The summed E-state index contributed by atoms with van der Waals surface area (Å²) in [4.78, 5) is 26.8. The third kappa shape index (κ3) is 2.18. The first-order chi connectivity index (χ1) is 7.66. The molecular weight excluding hydrogens is 206 g/mol. The minimum atomic E-state index is -0.283. The predicted molar refractivity (Wildman–Crippen MR) is 58.7 cm³/mol. The molecule has 5 nitrogen and oxygen atoms in total. The minimum Gasteiger partial charge on any atom is -0.355 e. The average molecular weight is 219 g/mol. The Hall–Kier alpha value is -1.91. The summed E-state index contributed by atoms with van der Waals surface area (Å²) >= 11 is 0. The standard InChI is InChI=1S/C11H13N3O2/c1-7-3-2-4-12-10(7)14-11(16)8-5-9(15)13-6-8/h2-4,8H,5-6H2,1H3,(H,13,15)(H,12,14,16). The molecule has 1 aliphatic rings. The maximum absolute atomic E-state index is 11.8.